The van der Waals surface area contributed by atoms with Gasteiger partial charge in [0.2, 0.25) is 5.89 Å². The van der Waals surface area contributed by atoms with Crippen molar-refractivity contribution in [2.75, 3.05) is 13.1 Å². The van der Waals surface area contributed by atoms with Crippen LogP contribution in [0.25, 0.3) is 0 Å². The van der Waals surface area contributed by atoms with Crippen molar-refractivity contribution >= 4 is 11.9 Å². The predicted octanol–water partition coefficient (Wildman–Crippen LogP) is 0.705. The summed E-state index contributed by atoms with van der Waals surface area (Å²) in [6.45, 7) is 2.82. The molecule has 1 unspecified atom stereocenters. The van der Waals surface area contributed by atoms with Crippen LogP contribution in [0.2, 0.25) is 0 Å². The third-order valence-electron chi connectivity index (χ3n) is 3.06. The van der Waals surface area contributed by atoms with Crippen molar-refractivity contribution in [2.24, 2.45) is 5.92 Å². The highest BCUT2D eigenvalue weighted by atomic mass is 16.5. The Labute approximate surface area is 104 Å². The number of carboxylic acid groups (broad SMARTS) is 1. The second-order valence-electron chi connectivity index (χ2n) is 4.48. The first-order valence-corrected chi connectivity index (χ1v) is 5.87. The number of amides is 1. The van der Waals surface area contributed by atoms with Gasteiger partial charge in [0.1, 0.15) is 0 Å². The van der Waals surface area contributed by atoms with Gasteiger partial charge < -0.3 is 14.5 Å². The van der Waals surface area contributed by atoms with E-state index in [0.29, 0.717) is 25.4 Å². The van der Waals surface area contributed by atoms with Crippen LogP contribution < -0.4 is 0 Å². The third-order valence-corrected chi connectivity index (χ3v) is 3.06. The normalized spacial score (nSPS) is 19.2. The monoisotopic (exact) mass is 253 g/mol. The molecule has 1 fully saturated rings. The van der Waals surface area contributed by atoms with E-state index in [4.69, 9.17) is 9.63 Å². The lowest BCUT2D eigenvalue weighted by atomic mass is 10.0. The molecule has 1 saturated heterocycles. The number of aliphatic carboxylic acids is 1. The summed E-state index contributed by atoms with van der Waals surface area (Å²) in [4.78, 5) is 28.0. The van der Waals surface area contributed by atoms with E-state index in [1.54, 1.807) is 11.8 Å². The second kappa shape index (κ2) is 5.16. The summed E-state index contributed by atoms with van der Waals surface area (Å²) in [7, 11) is 0. The first kappa shape index (κ1) is 12.5. The topological polar surface area (TPSA) is 96.5 Å². The Bertz CT molecular complexity index is 457. The van der Waals surface area contributed by atoms with Crippen molar-refractivity contribution in [3.05, 3.63) is 11.7 Å². The molecule has 1 amide bonds. The van der Waals surface area contributed by atoms with Gasteiger partial charge in [-0.15, -0.1) is 0 Å². The van der Waals surface area contributed by atoms with Crippen LogP contribution in [0.1, 0.15) is 35.8 Å². The molecular weight excluding hydrogens is 238 g/mol. The van der Waals surface area contributed by atoms with Gasteiger partial charge in [0.05, 0.1) is 0 Å². The first-order valence-electron chi connectivity index (χ1n) is 5.87. The highest BCUT2D eigenvalue weighted by Crippen LogP contribution is 2.22. The third kappa shape index (κ3) is 2.85. The van der Waals surface area contributed by atoms with Gasteiger partial charge in [-0.2, -0.15) is 4.98 Å². The summed E-state index contributed by atoms with van der Waals surface area (Å²) >= 11 is 0. The van der Waals surface area contributed by atoms with Crippen molar-refractivity contribution in [1.82, 2.24) is 15.0 Å². The largest absolute Gasteiger partial charge is 0.481 e. The van der Waals surface area contributed by atoms with Crippen LogP contribution in [-0.4, -0.2) is 45.1 Å². The molecule has 1 aliphatic heterocycles. The Kier molecular flexibility index (Phi) is 3.59. The summed E-state index contributed by atoms with van der Waals surface area (Å²) in [5, 5.41) is 12.2. The van der Waals surface area contributed by atoms with Crippen LogP contribution in [0.5, 0.6) is 0 Å². The molecule has 0 spiro atoms. The van der Waals surface area contributed by atoms with Crippen molar-refractivity contribution in [3.63, 3.8) is 0 Å². The zero-order chi connectivity index (χ0) is 13.1. The number of hydrogen-bond acceptors (Lipinski definition) is 5. The fourth-order valence-electron chi connectivity index (χ4n) is 2.11. The summed E-state index contributed by atoms with van der Waals surface area (Å²) in [6, 6.07) is 0. The minimum Gasteiger partial charge on any atom is -0.481 e. The minimum absolute atomic E-state index is 0.0754. The maximum atomic E-state index is 12.0. The smallest absolute Gasteiger partial charge is 0.303 e. The summed E-state index contributed by atoms with van der Waals surface area (Å²) in [6.07, 6.45) is 1.58. The molecule has 0 bridgehead atoms. The maximum Gasteiger partial charge on any atom is 0.303 e. The second-order valence-corrected chi connectivity index (χ2v) is 4.48. The zero-order valence-corrected chi connectivity index (χ0v) is 10.1. The van der Waals surface area contributed by atoms with Gasteiger partial charge in [-0.1, -0.05) is 5.16 Å². The molecule has 1 atom stereocenters. The molecule has 2 heterocycles. The van der Waals surface area contributed by atoms with Crippen molar-refractivity contribution in [1.29, 1.82) is 0 Å². The Morgan fingerprint density at radius 2 is 2.33 bits per heavy atom. The average molecular weight is 253 g/mol. The molecular formula is C11H15N3O4. The number of likely N-dealkylation sites (tertiary alicyclic amines) is 1. The molecule has 0 aliphatic carbocycles. The van der Waals surface area contributed by atoms with Gasteiger partial charge in [0.25, 0.3) is 11.7 Å². The Morgan fingerprint density at radius 3 is 2.94 bits per heavy atom. The summed E-state index contributed by atoms with van der Waals surface area (Å²) in [5.74, 6) is -0.359. The van der Waals surface area contributed by atoms with E-state index in [0.717, 1.165) is 6.42 Å². The van der Waals surface area contributed by atoms with Crippen LogP contribution in [0.15, 0.2) is 4.52 Å². The number of carbonyl (C=O) groups excluding carboxylic acids is 1. The van der Waals surface area contributed by atoms with E-state index in [9.17, 15) is 9.59 Å². The van der Waals surface area contributed by atoms with Gasteiger partial charge in [-0.25, -0.2) is 0 Å². The van der Waals surface area contributed by atoms with E-state index in [2.05, 4.69) is 10.1 Å². The number of carboxylic acids is 1. The summed E-state index contributed by atoms with van der Waals surface area (Å²) < 4.78 is 4.76. The van der Waals surface area contributed by atoms with E-state index in [-0.39, 0.29) is 24.1 Å². The molecule has 1 aliphatic rings. The number of rotatable bonds is 4. The van der Waals surface area contributed by atoms with Gasteiger partial charge in [0, 0.05) is 26.4 Å². The predicted molar refractivity (Wildman–Crippen MR) is 59.9 cm³/mol. The van der Waals surface area contributed by atoms with E-state index in [1.165, 1.54) is 0 Å². The first-order chi connectivity index (χ1) is 8.56. The van der Waals surface area contributed by atoms with Gasteiger partial charge in [0.15, 0.2) is 0 Å². The molecule has 2 rings (SSSR count). The quantitative estimate of drug-likeness (QED) is 0.848. The van der Waals surface area contributed by atoms with Crippen LogP contribution in [-0.2, 0) is 4.79 Å². The lowest BCUT2D eigenvalue weighted by Gasteiger charge is -2.13. The Balaban J connectivity index is 1.88. The molecule has 18 heavy (non-hydrogen) atoms. The highest BCUT2D eigenvalue weighted by molar-refractivity contribution is 5.90. The molecule has 7 heteroatoms. The lowest BCUT2D eigenvalue weighted by molar-refractivity contribution is -0.137. The number of hydrogen-bond donors (Lipinski definition) is 1. The van der Waals surface area contributed by atoms with Crippen molar-refractivity contribution in [2.45, 2.75) is 26.2 Å². The zero-order valence-electron chi connectivity index (χ0n) is 10.1. The summed E-state index contributed by atoms with van der Waals surface area (Å²) in [5.41, 5.74) is 0. The number of carbonyl (C=O) groups is 2. The van der Waals surface area contributed by atoms with Crippen LogP contribution in [0.3, 0.4) is 0 Å². The van der Waals surface area contributed by atoms with Crippen LogP contribution in [0, 0.1) is 12.8 Å². The van der Waals surface area contributed by atoms with E-state index < -0.39 is 5.97 Å². The van der Waals surface area contributed by atoms with Crippen molar-refractivity contribution < 1.29 is 19.2 Å². The van der Waals surface area contributed by atoms with Crippen molar-refractivity contribution in [3.8, 4) is 0 Å². The number of nitrogens with zero attached hydrogens (tertiary/aromatic N) is 3. The molecule has 1 N–H and O–H groups in total. The molecule has 7 nitrogen and oxygen atoms in total. The van der Waals surface area contributed by atoms with Crippen LogP contribution >= 0.6 is 0 Å². The molecule has 0 aromatic carbocycles. The van der Waals surface area contributed by atoms with Gasteiger partial charge in [-0.05, 0) is 18.8 Å². The molecule has 1 aromatic heterocycles. The van der Waals surface area contributed by atoms with E-state index >= 15 is 0 Å². The highest BCUT2D eigenvalue weighted by Gasteiger charge is 2.29. The lowest BCUT2D eigenvalue weighted by Crippen LogP contribution is -2.29. The fraction of sp³-hybridized carbons (Fsp3) is 0.636. The van der Waals surface area contributed by atoms with Gasteiger partial charge in [-0.3, -0.25) is 9.59 Å². The maximum absolute atomic E-state index is 12.0. The number of aryl methyl sites for hydroxylation is 1. The Hall–Kier alpha value is -1.92. The molecule has 98 valence electrons. The number of aromatic nitrogens is 2. The van der Waals surface area contributed by atoms with Gasteiger partial charge >= 0.3 is 5.97 Å². The molecule has 1 aromatic rings. The van der Waals surface area contributed by atoms with Crippen LogP contribution in [0.4, 0.5) is 0 Å². The minimum atomic E-state index is -0.798. The molecule has 0 radical (unpaired) electrons. The standard InChI is InChI=1S/C11H15N3O4/c1-7-12-10(13-18-7)11(17)14-5-4-8(6-14)2-3-9(15)16/h8H,2-6H2,1H3,(H,15,16). The fourth-order valence-corrected chi connectivity index (χ4v) is 2.11. The van der Waals surface area contributed by atoms with E-state index in [1.807, 2.05) is 0 Å². The average Bonchev–Trinajstić information content (AvgIpc) is 2.94. The SMILES string of the molecule is Cc1nc(C(=O)N2CCC(CCC(=O)O)C2)no1. The Morgan fingerprint density at radius 1 is 1.56 bits per heavy atom. The molecule has 0 saturated carbocycles.